The van der Waals surface area contributed by atoms with Crippen molar-refractivity contribution in [3.63, 3.8) is 0 Å². The zero-order valence-electron chi connectivity index (χ0n) is 19.9. The van der Waals surface area contributed by atoms with Crippen LogP contribution in [-0.4, -0.2) is 56.0 Å². The summed E-state index contributed by atoms with van der Waals surface area (Å²) in [5.74, 6) is -0.656. The molecule has 1 fully saturated rings. The van der Waals surface area contributed by atoms with E-state index in [1.54, 1.807) is 0 Å². The molecule has 0 heterocycles. The van der Waals surface area contributed by atoms with E-state index in [4.69, 9.17) is 9.47 Å². The maximum atomic E-state index is 13.6. The molecule has 2 aromatic carbocycles. The molecule has 182 valence electrons. The number of amides is 2. The maximum Gasteiger partial charge on any atom is 0.267 e. The van der Waals surface area contributed by atoms with E-state index in [1.165, 1.54) is 31.8 Å². The molecule has 3 rings (SSSR count). The van der Waals surface area contributed by atoms with Gasteiger partial charge < -0.3 is 19.7 Å². The number of nitrogens with zero attached hydrogens (tertiary/aromatic N) is 2. The number of rotatable bonds is 11. The van der Waals surface area contributed by atoms with Gasteiger partial charge in [-0.2, -0.15) is 5.10 Å². The third-order valence-electron chi connectivity index (χ3n) is 5.92. The van der Waals surface area contributed by atoms with Crippen molar-refractivity contribution in [2.24, 2.45) is 5.10 Å². The van der Waals surface area contributed by atoms with Crippen molar-refractivity contribution in [2.75, 3.05) is 26.2 Å². The Morgan fingerprint density at radius 2 is 1.62 bits per heavy atom. The van der Waals surface area contributed by atoms with Crippen LogP contribution in [0.3, 0.4) is 0 Å². The summed E-state index contributed by atoms with van der Waals surface area (Å²) in [5, 5.41) is 7.26. The van der Waals surface area contributed by atoms with E-state index in [0.717, 1.165) is 31.4 Å². The molecule has 0 aromatic heterocycles. The lowest BCUT2D eigenvalue weighted by atomic mass is 9.94. The molecule has 2 N–H and O–H groups in total. The van der Waals surface area contributed by atoms with Gasteiger partial charge in [-0.05, 0) is 30.5 Å². The maximum absolute atomic E-state index is 13.6. The summed E-state index contributed by atoms with van der Waals surface area (Å²) >= 11 is 0. The average Bonchev–Trinajstić information content (AvgIpc) is 2.88. The van der Waals surface area contributed by atoms with Crippen molar-refractivity contribution < 1.29 is 19.1 Å². The highest BCUT2D eigenvalue weighted by molar-refractivity contribution is 6.26. The van der Waals surface area contributed by atoms with Gasteiger partial charge in [0.2, 0.25) is 5.91 Å². The molecule has 2 aromatic rings. The van der Waals surface area contributed by atoms with Crippen LogP contribution >= 0.6 is 0 Å². The van der Waals surface area contributed by atoms with Crippen molar-refractivity contribution in [3.05, 3.63) is 66.2 Å². The lowest BCUT2D eigenvalue weighted by Crippen LogP contribution is -2.50. The van der Waals surface area contributed by atoms with Crippen LogP contribution in [0.25, 0.3) is 0 Å². The molecular formula is C26H34N4O4. The molecule has 0 bridgehead atoms. The number of hydrogen-bond donors (Lipinski definition) is 2. The molecule has 1 saturated carbocycles. The highest BCUT2D eigenvalue weighted by atomic mass is 16.7. The van der Waals surface area contributed by atoms with E-state index in [-0.39, 0.29) is 18.5 Å². The van der Waals surface area contributed by atoms with Crippen LogP contribution in [0.5, 0.6) is 0 Å². The Hall–Kier alpha value is -3.23. The van der Waals surface area contributed by atoms with E-state index in [2.05, 4.69) is 15.8 Å². The highest BCUT2D eigenvalue weighted by Gasteiger charge is 2.34. The quantitative estimate of drug-likeness (QED) is 0.299. The molecule has 8 nitrogen and oxygen atoms in total. The first-order chi connectivity index (χ1) is 16.6. The van der Waals surface area contributed by atoms with Gasteiger partial charge in [-0.1, -0.05) is 67.8 Å². The Bertz CT molecular complexity index is 913. The lowest BCUT2D eigenvalue weighted by Gasteiger charge is -2.34. The van der Waals surface area contributed by atoms with Crippen molar-refractivity contribution in [2.45, 2.75) is 50.5 Å². The third kappa shape index (κ3) is 7.40. The standard InChI is InChI=1S/C26H34N4O4/c1-33-24(34-2)19-30(23(31)18-27-29-22-16-10-5-11-17-22)25(20-12-6-3-7-13-20)26(32)28-21-14-8-4-9-15-21/h3,5-7,10-13,16-18,21,24-25,29H,4,8-9,14-15,19H2,1-2H3,(H,28,32)/b27-18+. The monoisotopic (exact) mass is 466 g/mol. The number of nitrogens with one attached hydrogen (secondary N) is 2. The minimum Gasteiger partial charge on any atom is -0.354 e. The number of hydrogen-bond acceptors (Lipinski definition) is 6. The van der Waals surface area contributed by atoms with Crippen LogP contribution < -0.4 is 10.7 Å². The van der Waals surface area contributed by atoms with Gasteiger partial charge >= 0.3 is 0 Å². The van der Waals surface area contributed by atoms with Gasteiger partial charge in [-0.25, -0.2) is 0 Å². The van der Waals surface area contributed by atoms with E-state index in [0.29, 0.717) is 5.56 Å². The second-order valence-electron chi connectivity index (χ2n) is 8.28. The van der Waals surface area contributed by atoms with E-state index < -0.39 is 18.2 Å². The smallest absolute Gasteiger partial charge is 0.267 e. The summed E-state index contributed by atoms with van der Waals surface area (Å²) in [4.78, 5) is 28.4. The second kappa shape index (κ2) is 13.5. The van der Waals surface area contributed by atoms with Gasteiger partial charge in [0.1, 0.15) is 12.3 Å². The Kier molecular flexibility index (Phi) is 10.1. The first-order valence-corrected chi connectivity index (χ1v) is 11.7. The number of carbonyl (C=O) groups is 2. The largest absolute Gasteiger partial charge is 0.354 e. The summed E-state index contributed by atoms with van der Waals surface area (Å²) in [6.45, 7) is 0.0564. The summed E-state index contributed by atoms with van der Waals surface area (Å²) in [7, 11) is 3.00. The van der Waals surface area contributed by atoms with Crippen LogP contribution in [0.15, 0.2) is 65.8 Å². The third-order valence-corrected chi connectivity index (χ3v) is 5.92. The summed E-state index contributed by atoms with van der Waals surface area (Å²) < 4.78 is 10.7. The average molecular weight is 467 g/mol. The van der Waals surface area contributed by atoms with E-state index in [9.17, 15) is 9.59 Å². The van der Waals surface area contributed by atoms with Crippen molar-refractivity contribution >= 4 is 23.7 Å². The normalized spacial score (nSPS) is 15.3. The Balaban J connectivity index is 1.86. The Morgan fingerprint density at radius 3 is 2.24 bits per heavy atom. The predicted octanol–water partition coefficient (Wildman–Crippen LogP) is 3.72. The zero-order valence-corrected chi connectivity index (χ0v) is 19.9. The summed E-state index contributed by atoms with van der Waals surface area (Å²) in [5.41, 5.74) is 4.30. The minimum absolute atomic E-state index is 0.0564. The summed E-state index contributed by atoms with van der Waals surface area (Å²) in [6.07, 6.45) is 5.75. The number of hydrazone groups is 1. The fourth-order valence-electron chi connectivity index (χ4n) is 4.11. The van der Waals surface area contributed by atoms with Gasteiger partial charge in [0.25, 0.3) is 5.91 Å². The fraction of sp³-hybridized carbons (Fsp3) is 0.423. The number of carbonyl (C=O) groups excluding carboxylic acids is 2. The van der Waals surface area contributed by atoms with Crippen molar-refractivity contribution in [1.29, 1.82) is 0 Å². The number of methoxy groups -OCH3 is 2. The zero-order chi connectivity index (χ0) is 24.2. The van der Waals surface area contributed by atoms with Crippen LogP contribution in [-0.2, 0) is 19.1 Å². The first kappa shape index (κ1) is 25.4. The van der Waals surface area contributed by atoms with Crippen LogP contribution in [0.1, 0.15) is 43.7 Å². The van der Waals surface area contributed by atoms with Crippen LogP contribution in [0.2, 0.25) is 0 Å². The van der Waals surface area contributed by atoms with Crippen molar-refractivity contribution in [1.82, 2.24) is 10.2 Å². The van der Waals surface area contributed by atoms with Crippen molar-refractivity contribution in [3.8, 4) is 0 Å². The van der Waals surface area contributed by atoms with Gasteiger partial charge in [0, 0.05) is 20.3 Å². The fourth-order valence-corrected chi connectivity index (χ4v) is 4.11. The molecule has 1 aliphatic rings. The van der Waals surface area contributed by atoms with Gasteiger partial charge in [-0.3, -0.25) is 15.0 Å². The minimum atomic E-state index is -0.855. The molecule has 1 unspecified atom stereocenters. The molecular weight excluding hydrogens is 432 g/mol. The molecule has 2 amide bonds. The second-order valence-corrected chi connectivity index (χ2v) is 8.28. The predicted molar refractivity (Wildman–Crippen MR) is 132 cm³/mol. The molecule has 0 spiro atoms. The first-order valence-electron chi connectivity index (χ1n) is 11.7. The lowest BCUT2D eigenvalue weighted by molar-refractivity contribution is -0.150. The Labute approximate surface area is 201 Å². The van der Waals surface area contributed by atoms with Gasteiger partial charge in [0.05, 0.1) is 12.2 Å². The molecule has 1 atom stereocenters. The Morgan fingerprint density at radius 1 is 1.00 bits per heavy atom. The number of para-hydroxylation sites is 1. The summed E-state index contributed by atoms with van der Waals surface area (Å²) in [6, 6.07) is 17.9. The molecule has 0 radical (unpaired) electrons. The molecule has 34 heavy (non-hydrogen) atoms. The number of anilines is 1. The molecule has 0 aliphatic heterocycles. The highest BCUT2D eigenvalue weighted by Crippen LogP contribution is 2.24. The van der Waals surface area contributed by atoms with Gasteiger partial charge in [-0.15, -0.1) is 0 Å². The van der Waals surface area contributed by atoms with E-state index in [1.807, 2.05) is 60.7 Å². The number of ether oxygens (including phenoxy) is 2. The topological polar surface area (TPSA) is 92.3 Å². The van der Waals surface area contributed by atoms with Crippen LogP contribution in [0.4, 0.5) is 5.69 Å². The van der Waals surface area contributed by atoms with Gasteiger partial charge in [0.15, 0.2) is 6.29 Å². The van der Waals surface area contributed by atoms with Crippen LogP contribution in [0, 0.1) is 0 Å². The molecule has 0 saturated heterocycles. The SMILES string of the molecule is COC(CN(C(=O)/C=N/Nc1ccccc1)C(C(=O)NC1CCCCC1)c1ccccc1)OC. The molecule has 1 aliphatic carbocycles. The molecule has 8 heteroatoms. The number of benzene rings is 2. The van der Waals surface area contributed by atoms with E-state index >= 15 is 0 Å².